The van der Waals surface area contributed by atoms with Crippen LogP contribution in [0.2, 0.25) is 0 Å². The molecule has 0 radical (unpaired) electrons. The average molecular weight is 232 g/mol. The number of benzene rings is 1. The molecule has 0 atom stereocenters. The predicted molar refractivity (Wildman–Crippen MR) is 54.8 cm³/mol. The third kappa shape index (κ3) is 2.03. The first-order valence-corrected chi connectivity index (χ1v) is 5.91. The molecule has 84 valence electrons. The second-order valence-electron chi connectivity index (χ2n) is 3.85. The highest BCUT2D eigenvalue weighted by Crippen LogP contribution is 2.26. The number of halogens is 1. The molecule has 1 N–H and O–H groups in total. The molecular formula is C10H13FO3S. The van der Waals surface area contributed by atoms with Crippen molar-refractivity contribution in [2.45, 2.75) is 23.5 Å². The smallest absolute Gasteiger partial charge is 0.188 e. The van der Waals surface area contributed by atoms with Gasteiger partial charge in [-0.25, -0.2) is 12.8 Å². The van der Waals surface area contributed by atoms with Crippen LogP contribution in [0.25, 0.3) is 0 Å². The number of aliphatic hydroxyl groups excluding tert-OH is 1. The van der Waals surface area contributed by atoms with Crippen LogP contribution in [0.3, 0.4) is 0 Å². The predicted octanol–water partition coefficient (Wildman–Crippen LogP) is 1.37. The summed E-state index contributed by atoms with van der Waals surface area (Å²) >= 11 is 0. The topological polar surface area (TPSA) is 54.4 Å². The molecule has 0 amide bonds. The Hall–Kier alpha value is -0.940. The molecule has 1 aromatic carbocycles. The van der Waals surface area contributed by atoms with Crippen molar-refractivity contribution in [3.63, 3.8) is 0 Å². The van der Waals surface area contributed by atoms with E-state index in [4.69, 9.17) is 5.11 Å². The molecule has 0 heterocycles. The third-order valence-electron chi connectivity index (χ3n) is 2.23. The fraction of sp³-hybridized carbons (Fsp3) is 0.400. The van der Waals surface area contributed by atoms with E-state index in [0.717, 1.165) is 6.07 Å². The summed E-state index contributed by atoms with van der Waals surface area (Å²) in [4.78, 5) is -0.371. The zero-order valence-electron chi connectivity index (χ0n) is 8.57. The van der Waals surface area contributed by atoms with E-state index in [1.807, 2.05) is 0 Å². The van der Waals surface area contributed by atoms with Gasteiger partial charge < -0.3 is 5.11 Å². The van der Waals surface area contributed by atoms with Crippen molar-refractivity contribution >= 4 is 9.84 Å². The monoisotopic (exact) mass is 232 g/mol. The van der Waals surface area contributed by atoms with Crippen LogP contribution in [0.5, 0.6) is 0 Å². The Bertz CT molecular complexity index is 451. The first-order chi connectivity index (χ1) is 6.83. The van der Waals surface area contributed by atoms with Gasteiger partial charge in [-0.15, -0.1) is 0 Å². The van der Waals surface area contributed by atoms with Crippen LogP contribution in [-0.2, 0) is 9.84 Å². The molecule has 5 heteroatoms. The number of hydrogen-bond donors (Lipinski definition) is 1. The van der Waals surface area contributed by atoms with Crippen LogP contribution in [0.15, 0.2) is 29.2 Å². The Morgan fingerprint density at radius 3 is 2.33 bits per heavy atom. The first-order valence-electron chi connectivity index (χ1n) is 4.43. The lowest BCUT2D eigenvalue weighted by Gasteiger charge is -2.22. The van der Waals surface area contributed by atoms with E-state index in [-0.39, 0.29) is 4.90 Å². The van der Waals surface area contributed by atoms with Gasteiger partial charge in [0.25, 0.3) is 0 Å². The lowest BCUT2D eigenvalue weighted by atomic mass is 10.2. The van der Waals surface area contributed by atoms with Gasteiger partial charge in [0.05, 0.1) is 11.4 Å². The summed E-state index contributed by atoms with van der Waals surface area (Å²) < 4.78 is 35.7. The van der Waals surface area contributed by atoms with Crippen molar-refractivity contribution in [2.24, 2.45) is 0 Å². The zero-order chi connectivity index (χ0) is 11.7. The summed E-state index contributed by atoms with van der Waals surface area (Å²) in [7, 11) is -3.84. The molecule has 0 bridgehead atoms. The molecule has 3 nitrogen and oxygen atoms in total. The van der Waals surface area contributed by atoms with E-state index in [1.165, 1.54) is 32.0 Å². The van der Waals surface area contributed by atoms with E-state index < -0.39 is 27.0 Å². The maximum atomic E-state index is 13.3. The van der Waals surface area contributed by atoms with Crippen LogP contribution >= 0.6 is 0 Å². The van der Waals surface area contributed by atoms with Crippen LogP contribution in [-0.4, -0.2) is 24.9 Å². The molecule has 0 saturated carbocycles. The number of aliphatic hydroxyl groups is 1. The lowest BCUT2D eigenvalue weighted by molar-refractivity contribution is 0.258. The summed E-state index contributed by atoms with van der Waals surface area (Å²) in [5.41, 5.74) is 0. The molecule has 0 unspecified atom stereocenters. The summed E-state index contributed by atoms with van der Waals surface area (Å²) in [6.45, 7) is 2.16. The van der Waals surface area contributed by atoms with Gasteiger partial charge in [-0.2, -0.15) is 0 Å². The minimum absolute atomic E-state index is 0.371. The van der Waals surface area contributed by atoms with Crippen LogP contribution in [0.1, 0.15) is 13.8 Å². The van der Waals surface area contributed by atoms with Crippen molar-refractivity contribution in [3.8, 4) is 0 Å². The molecule has 1 rings (SSSR count). The molecule has 0 aliphatic rings. The van der Waals surface area contributed by atoms with Crippen molar-refractivity contribution in [3.05, 3.63) is 30.1 Å². The van der Waals surface area contributed by atoms with Crippen molar-refractivity contribution in [1.82, 2.24) is 0 Å². The third-order valence-corrected chi connectivity index (χ3v) is 4.73. The van der Waals surface area contributed by atoms with Gasteiger partial charge in [-0.1, -0.05) is 12.1 Å². The Morgan fingerprint density at radius 1 is 1.33 bits per heavy atom. The van der Waals surface area contributed by atoms with Gasteiger partial charge in [0.15, 0.2) is 9.84 Å². The number of rotatable bonds is 3. The molecule has 0 fully saturated rings. The highest BCUT2D eigenvalue weighted by Gasteiger charge is 2.36. The van der Waals surface area contributed by atoms with Gasteiger partial charge in [0.2, 0.25) is 0 Å². The SMILES string of the molecule is CC(C)(CO)S(=O)(=O)c1ccccc1F. The van der Waals surface area contributed by atoms with E-state index in [0.29, 0.717) is 0 Å². The fourth-order valence-electron chi connectivity index (χ4n) is 1.05. The van der Waals surface area contributed by atoms with Gasteiger partial charge in [-0.3, -0.25) is 0 Å². The molecule has 1 aromatic rings. The van der Waals surface area contributed by atoms with E-state index in [2.05, 4.69) is 0 Å². The summed E-state index contributed by atoms with van der Waals surface area (Å²) in [6, 6.07) is 5.14. The Labute approximate surface area is 88.5 Å². The lowest BCUT2D eigenvalue weighted by Crippen LogP contribution is -2.36. The van der Waals surface area contributed by atoms with Crippen LogP contribution in [0, 0.1) is 5.82 Å². The Morgan fingerprint density at radius 2 is 1.87 bits per heavy atom. The fourth-order valence-corrected chi connectivity index (χ4v) is 2.39. The second-order valence-corrected chi connectivity index (χ2v) is 6.40. The van der Waals surface area contributed by atoms with E-state index in [1.54, 1.807) is 0 Å². The zero-order valence-corrected chi connectivity index (χ0v) is 9.38. The summed E-state index contributed by atoms with van der Waals surface area (Å²) in [5.74, 6) is -0.793. The molecule has 15 heavy (non-hydrogen) atoms. The maximum absolute atomic E-state index is 13.3. The Kier molecular flexibility index (Phi) is 3.16. The molecule has 0 aromatic heterocycles. The minimum Gasteiger partial charge on any atom is -0.395 e. The standard InChI is InChI=1S/C10H13FO3S/c1-10(2,7-12)15(13,14)9-6-4-3-5-8(9)11/h3-6,12H,7H2,1-2H3. The second kappa shape index (κ2) is 3.90. The van der Waals surface area contributed by atoms with E-state index in [9.17, 15) is 12.8 Å². The highest BCUT2D eigenvalue weighted by atomic mass is 32.2. The van der Waals surface area contributed by atoms with Gasteiger partial charge in [-0.05, 0) is 26.0 Å². The summed E-state index contributed by atoms with van der Waals surface area (Å²) in [6.07, 6.45) is 0. The summed E-state index contributed by atoms with van der Waals surface area (Å²) in [5, 5.41) is 8.98. The van der Waals surface area contributed by atoms with Crippen LogP contribution in [0.4, 0.5) is 4.39 Å². The normalized spacial score (nSPS) is 12.8. The average Bonchev–Trinajstić information content (AvgIpc) is 2.18. The van der Waals surface area contributed by atoms with Crippen LogP contribution < -0.4 is 0 Å². The number of hydrogen-bond acceptors (Lipinski definition) is 3. The minimum atomic E-state index is -3.84. The Balaban J connectivity index is 3.37. The van der Waals surface area contributed by atoms with Crippen molar-refractivity contribution in [1.29, 1.82) is 0 Å². The van der Waals surface area contributed by atoms with Gasteiger partial charge in [0, 0.05) is 0 Å². The molecule has 0 aliphatic carbocycles. The van der Waals surface area contributed by atoms with Crippen molar-refractivity contribution in [2.75, 3.05) is 6.61 Å². The largest absolute Gasteiger partial charge is 0.395 e. The number of sulfone groups is 1. The first kappa shape index (κ1) is 12.1. The quantitative estimate of drug-likeness (QED) is 0.856. The molecule has 0 spiro atoms. The van der Waals surface area contributed by atoms with E-state index >= 15 is 0 Å². The highest BCUT2D eigenvalue weighted by molar-refractivity contribution is 7.92. The molecule has 0 saturated heterocycles. The molecule has 0 aliphatic heterocycles. The maximum Gasteiger partial charge on any atom is 0.188 e. The van der Waals surface area contributed by atoms with Gasteiger partial charge in [0.1, 0.15) is 10.7 Å². The van der Waals surface area contributed by atoms with Gasteiger partial charge >= 0.3 is 0 Å². The molecular weight excluding hydrogens is 219 g/mol. The van der Waals surface area contributed by atoms with Crippen molar-refractivity contribution < 1.29 is 17.9 Å².